The van der Waals surface area contributed by atoms with Gasteiger partial charge in [0.2, 0.25) is 11.8 Å². The zero-order chi connectivity index (χ0) is 12.5. The lowest BCUT2D eigenvalue weighted by Gasteiger charge is -2.30. The molecule has 7 heteroatoms. The van der Waals surface area contributed by atoms with Gasteiger partial charge < -0.3 is 10.5 Å². The number of primary amides is 1. The summed E-state index contributed by atoms with van der Waals surface area (Å²) in [5.41, 5.74) is 6.80. The quantitative estimate of drug-likeness (QED) is 0.823. The SMILES string of the molecule is COC1=NC(C)(c2cscn2)C(C(N)=O)N=C1. The van der Waals surface area contributed by atoms with E-state index in [9.17, 15) is 4.79 Å². The zero-order valence-corrected chi connectivity index (χ0v) is 10.3. The largest absolute Gasteiger partial charge is 0.480 e. The van der Waals surface area contributed by atoms with Crippen molar-refractivity contribution < 1.29 is 9.53 Å². The van der Waals surface area contributed by atoms with Crippen molar-refractivity contribution in [2.24, 2.45) is 15.7 Å². The predicted octanol–water partition coefficient (Wildman–Crippen LogP) is 0.342. The minimum absolute atomic E-state index is 0.359. The molecular weight excluding hydrogens is 240 g/mol. The third-order valence-corrected chi connectivity index (χ3v) is 3.22. The maximum atomic E-state index is 11.4. The Kier molecular flexibility index (Phi) is 2.93. The number of nitrogens with two attached hydrogens (primary N) is 1. The van der Waals surface area contributed by atoms with E-state index < -0.39 is 17.5 Å². The molecule has 1 aromatic rings. The zero-order valence-electron chi connectivity index (χ0n) is 9.45. The number of hydrogen-bond acceptors (Lipinski definition) is 6. The van der Waals surface area contributed by atoms with E-state index in [4.69, 9.17) is 10.5 Å². The van der Waals surface area contributed by atoms with E-state index in [0.29, 0.717) is 11.6 Å². The van der Waals surface area contributed by atoms with Gasteiger partial charge in [-0.15, -0.1) is 11.3 Å². The average Bonchev–Trinajstić information content (AvgIpc) is 2.82. The Labute approximate surface area is 102 Å². The number of nitrogens with zero attached hydrogens (tertiary/aromatic N) is 3. The molecule has 2 N–H and O–H groups in total. The molecule has 2 rings (SSSR count). The Morgan fingerprint density at radius 2 is 2.41 bits per heavy atom. The predicted molar refractivity (Wildman–Crippen MR) is 65.4 cm³/mol. The van der Waals surface area contributed by atoms with Gasteiger partial charge in [-0.2, -0.15) is 0 Å². The summed E-state index contributed by atoms with van der Waals surface area (Å²) in [6.45, 7) is 1.77. The molecule has 0 saturated heterocycles. The van der Waals surface area contributed by atoms with Crippen LogP contribution in [-0.2, 0) is 15.1 Å². The fourth-order valence-corrected chi connectivity index (χ4v) is 2.37. The van der Waals surface area contributed by atoms with Crippen LogP contribution in [0.15, 0.2) is 20.9 Å². The molecule has 90 valence electrons. The van der Waals surface area contributed by atoms with Gasteiger partial charge in [0.1, 0.15) is 5.54 Å². The number of rotatable bonds is 2. The first-order valence-electron chi connectivity index (χ1n) is 4.93. The molecule has 1 aromatic heterocycles. The maximum absolute atomic E-state index is 11.4. The Morgan fingerprint density at radius 3 is 2.94 bits per heavy atom. The van der Waals surface area contributed by atoms with Crippen LogP contribution < -0.4 is 5.73 Å². The van der Waals surface area contributed by atoms with E-state index in [-0.39, 0.29) is 0 Å². The van der Waals surface area contributed by atoms with Crippen molar-refractivity contribution in [2.45, 2.75) is 18.5 Å². The standard InChI is InChI=1S/C10H12N4O2S/c1-10(6-4-17-5-13-6)8(9(11)15)12-3-7(14-10)16-2/h3-5,8H,1-2H3,(H2,11,15). The molecule has 1 amide bonds. The highest BCUT2D eigenvalue weighted by Crippen LogP contribution is 2.33. The monoisotopic (exact) mass is 252 g/mol. The number of carbonyl (C=O) groups excluding carboxylic acids is 1. The molecule has 0 bridgehead atoms. The van der Waals surface area contributed by atoms with Gasteiger partial charge in [-0.25, -0.2) is 9.98 Å². The Morgan fingerprint density at radius 1 is 1.65 bits per heavy atom. The van der Waals surface area contributed by atoms with E-state index in [1.807, 2.05) is 5.38 Å². The highest BCUT2D eigenvalue weighted by atomic mass is 32.1. The molecule has 1 aliphatic rings. The molecule has 2 atom stereocenters. The number of methoxy groups -OCH3 is 1. The lowest BCUT2D eigenvalue weighted by molar-refractivity contribution is -0.120. The summed E-state index contributed by atoms with van der Waals surface area (Å²) in [4.78, 5) is 24.1. The summed E-state index contributed by atoms with van der Waals surface area (Å²) < 4.78 is 5.04. The van der Waals surface area contributed by atoms with E-state index in [0.717, 1.165) is 0 Å². The number of carbonyl (C=O) groups is 1. The van der Waals surface area contributed by atoms with Gasteiger partial charge in [-0.3, -0.25) is 9.79 Å². The van der Waals surface area contributed by atoms with Crippen molar-refractivity contribution in [1.29, 1.82) is 0 Å². The molecule has 2 heterocycles. The number of aromatic nitrogens is 1. The molecule has 0 aromatic carbocycles. The number of hydrogen-bond donors (Lipinski definition) is 1. The molecule has 1 aliphatic heterocycles. The van der Waals surface area contributed by atoms with Crippen molar-refractivity contribution in [2.75, 3.05) is 7.11 Å². The summed E-state index contributed by atoms with van der Waals surface area (Å²) in [5, 5.41) is 1.83. The van der Waals surface area contributed by atoms with Gasteiger partial charge in [-0.1, -0.05) is 0 Å². The van der Waals surface area contributed by atoms with Crippen LogP contribution in [0.2, 0.25) is 0 Å². The molecule has 0 spiro atoms. The van der Waals surface area contributed by atoms with Crippen LogP contribution in [0.3, 0.4) is 0 Å². The Bertz CT molecular complexity index is 483. The second-order valence-corrected chi connectivity index (χ2v) is 4.48. The van der Waals surface area contributed by atoms with Gasteiger partial charge in [0.05, 0.1) is 24.5 Å². The van der Waals surface area contributed by atoms with Crippen LogP contribution in [-0.4, -0.2) is 36.2 Å². The number of aliphatic imine (C=N–C) groups is 2. The van der Waals surface area contributed by atoms with Crippen molar-refractivity contribution in [3.05, 3.63) is 16.6 Å². The fraction of sp³-hybridized carbons (Fsp3) is 0.400. The normalized spacial score (nSPS) is 27.6. The smallest absolute Gasteiger partial charge is 0.245 e. The first kappa shape index (κ1) is 11.7. The first-order chi connectivity index (χ1) is 8.08. The van der Waals surface area contributed by atoms with Gasteiger partial charge in [0.25, 0.3) is 0 Å². The van der Waals surface area contributed by atoms with E-state index >= 15 is 0 Å². The maximum Gasteiger partial charge on any atom is 0.245 e. The van der Waals surface area contributed by atoms with Gasteiger partial charge in [0.15, 0.2) is 6.04 Å². The summed E-state index contributed by atoms with van der Waals surface area (Å²) >= 11 is 1.43. The second-order valence-electron chi connectivity index (χ2n) is 3.76. The molecule has 0 saturated carbocycles. The molecular formula is C10H12N4O2S. The Balaban J connectivity index is 2.49. The molecule has 6 nitrogen and oxygen atoms in total. The van der Waals surface area contributed by atoms with Crippen LogP contribution in [0.25, 0.3) is 0 Å². The average molecular weight is 252 g/mol. The highest BCUT2D eigenvalue weighted by Gasteiger charge is 2.43. The number of ether oxygens (including phenoxy) is 1. The fourth-order valence-electron chi connectivity index (χ4n) is 1.71. The molecule has 0 fully saturated rings. The molecule has 0 aliphatic carbocycles. The summed E-state index contributed by atoms with van der Waals surface area (Å²) in [6.07, 6.45) is 1.41. The molecule has 17 heavy (non-hydrogen) atoms. The van der Waals surface area contributed by atoms with Crippen LogP contribution >= 0.6 is 11.3 Å². The molecule has 2 unspecified atom stereocenters. The first-order valence-corrected chi connectivity index (χ1v) is 5.87. The minimum Gasteiger partial charge on any atom is -0.480 e. The topological polar surface area (TPSA) is 89.9 Å². The van der Waals surface area contributed by atoms with Gasteiger partial charge >= 0.3 is 0 Å². The lowest BCUT2D eigenvalue weighted by atomic mass is 9.89. The lowest BCUT2D eigenvalue weighted by Crippen LogP contribution is -2.46. The summed E-state index contributed by atoms with van der Waals surface area (Å²) in [6, 6.07) is -0.761. The van der Waals surface area contributed by atoms with Crippen LogP contribution in [0, 0.1) is 0 Å². The van der Waals surface area contributed by atoms with Crippen molar-refractivity contribution in [1.82, 2.24) is 4.98 Å². The van der Waals surface area contributed by atoms with E-state index in [2.05, 4.69) is 15.0 Å². The van der Waals surface area contributed by atoms with E-state index in [1.165, 1.54) is 24.7 Å². The van der Waals surface area contributed by atoms with Crippen LogP contribution in [0.1, 0.15) is 12.6 Å². The number of thiazole rings is 1. The number of amides is 1. The van der Waals surface area contributed by atoms with Crippen molar-refractivity contribution in [3.8, 4) is 0 Å². The van der Waals surface area contributed by atoms with Crippen molar-refractivity contribution >= 4 is 29.4 Å². The van der Waals surface area contributed by atoms with Crippen LogP contribution in [0.4, 0.5) is 0 Å². The summed E-state index contributed by atoms with van der Waals surface area (Å²) in [5.74, 6) is -0.173. The highest BCUT2D eigenvalue weighted by molar-refractivity contribution is 7.07. The molecule has 0 radical (unpaired) electrons. The summed E-state index contributed by atoms with van der Waals surface area (Å²) in [7, 11) is 1.50. The van der Waals surface area contributed by atoms with Gasteiger partial charge in [-0.05, 0) is 6.92 Å². The van der Waals surface area contributed by atoms with Gasteiger partial charge in [0, 0.05) is 5.38 Å². The third kappa shape index (κ3) is 1.93. The van der Waals surface area contributed by atoms with Crippen molar-refractivity contribution in [3.63, 3.8) is 0 Å². The van der Waals surface area contributed by atoms with Crippen LogP contribution in [0.5, 0.6) is 0 Å². The second kappa shape index (κ2) is 4.25. The minimum atomic E-state index is -0.897. The Hall–Kier alpha value is -1.76. The third-order valence-electron chi connectivity index (χ3n) is 2.64. The van der Waals surface area contributed by atoms with E-state index in [1.54, 1.807) is 12.4 Å².